The Hall–Kier alpha value is -0.900. The van der Waals surface area contributed by atoms with Crippen LogP contribution in [-0.4, -0.2) is 42.3 Å². The SMILES string of the molecule is CCCNC(c1ccccc1)C(C)CN1CCCC(O)C1. The summed E-state index contributed by atoms with van der Waals surface area (Å²) in [6.07, 6.45) is 3.09. The molecular weight excluding hydrogens is 260 g/mol. The zero-order valence-electron chi connectivity index (χ0n) is 13.5. The summed E-state index contributed by atoms with van der Waals surface area (Å²) in [4.78, 5) is 2.42. The number of β-amino-alcohol motifs (C(OH)–C–C–N with tert-alkyl or cyclic N) is 1. The lowest BCUT2D eigenvalue weighted by atomic mass is 9.93. The van der Waals surface area contributed by atoms with Crippen molar-refractivity contribution in [1.82, 2.24) is 10.2 Å². The molecule has 1 aromatic rings. The smallest absolute Gasteiger partial charge is 0.0667 e. The number of rotatable bonds is 7. The molecule has 0 aromatic heterocycles. The number of hydrogen-bond donors (Lipinski definition) is 2. The van der Waals surface area contributed by atoms with Crippen LogP contribution in [0.5, 0.6) is 0 Å². The number of likely N-dealkylation sites (tertiary alicyclic amines) is 1. The minimum absolute atomic E-state index is 0.135. The third-order valence-corrected chi connectivity index (χ3v) is 4.37. The second-order valence-corrected chi connectivity index (χ2v) is 6.38. The van der Waals surface area contributed by atoms with E-state index in [9.17, 15) is 5.11 Å². The van der Waals surface area contributed by atoms with Crippen LogP contribution in [0.3, 0.4) is 0 Å². The first kappa shape index (κ1) is 16.5. The quantitative estimate of drug-likeness (QED) is 0.810. The highest BCUT2D eigenvalue weighted by Gasteiger charge is 2.24. The van der Waals surface area contributed by atoms with Crippen LogP contribution in [0.1, 0.15) is 44.7 Å². The normalized spacial score (nSPS) is 22.9. The van der Waals surface area contributed by atoms with Crippen LogP contribution in [0, 0.1) is 5.92 Å². The molecule has 0 saturated carbocycles. The highest BCUT2D eigenvalue weighted by molar-refractivity contribution is 5.19. The molecule has 0 amide bonds. The van der Waals surface area contributed by atoms with E-state index in [2.05, 4.69) is 54.4 Å². The van der Waals surface area contributed by atoms with Gasteiger partial charge in [0.25, 0.3) is 0 Å². The van der Waals surface area contributed by atoms with Crippen molar-refractivity contribution in [2.45, 2.75) is 45.3 Å². The number of hydrogen-bond acceptors (Lipinski definition) is 3. The molecule has 2 rings (SSSR count). The molecule has 1 aromatic carbocycles. The topological polar surface area (TPSA) is 35.5 Å². The van der Waals surface area contributed by atoms with Crippen molar-refractivity contribution in [3.63, 3.8) is 0 Å². The van der Waals surface area contributed by atoms with Gasteiger partial charge >= 0.3 is 0 Å². The Bertz CT molecular complexity index is 395. The van der Waals surface area contributed by atoms with E-state index in [4.69, 9.17) is 0 Å². The van der Waals surface area contributed by atoms with Crippen molar-refractivity contribution in [1.29, 1.82) is 0 Å². The number of benzene rings is 1. The van der Waals surface area contributed by atoms with Gasteiger partial charge in [-0.15, -0.1) is 0 Å². The molecule has 3 unspecified atom stereocenters. The highest BCUT2D eigenvalue weighted by atomic mass is 16.3. The molecule has 0 aliphatic carbocycles. The van der Waals surface area contributed by atoms with Gasteiger partial charge in [-0.2, -0.15) is 0 Å². The van der Waals surface area contributed by atoms with E-state index in [1.165, 1.54) is 5.56 Å². The molecule has 1 fully saturated rings. The van der Waals surface area contributed by atoms with Crippen LogP contribution in [0.2, 0.25) is 0 Å². The molecule has 1 heterocycles. The van der Waals surface area contributed by atoms with Gasteiger partial charge in [0.1, 0.15) is 0 Å². The van der Waals surface area contributed by atoms with Gasteiger partial charge in [0.05, 0.1) is 6.10 Å². The van der Waals surface area contributed by atoms with E-state index >= 15 is 0 Å². The molecule has 1 saturated heterocycles. The summed E-state index contributed by atoms with van der Waals surface area (Å²) < 4.78 is 0. The summed E-state index contributed by atoms with van der Waals surface area (Å²) in [5.74, 6) is 0.532. The van der Waals surface area contributed by atoms with Crippen LogP contribution in [0.25, 0.3) is 0 Å². The molecule has 0 spiro atoms. The summed E-state index contributed by atoms with van der Waals surface area (Å²) in [6.45, 7) is 8.58. The molecule has 3 nitrogen and oxygen atoms in total. The molecule has 21 heavy (non-hydrogen) atoms. The largest absolute Gasteiger partial charge is 0.392 e. The molecule has 2 N–H and O–H groups in total. The van der Waals surface area contributed by atoms with Gasteiger partial charge in [-0.25, -0.2) is 0 Å². The molecule has 1 aliphatic heterocycles. The minimum Gasteiger partial charge on any atom is -0.392 e. The van der Waals surface area contributed by atoms with Crippen LogP contribution in [0.15, 0.2) is 30.3 Å². The average Bonchev–Trinajstić information content (AvgIpc) is 2.49. The Morgan fingerprint density at radius 2 is 2.10 bits per heavy atom. The number of nitrogens with one attached hydrogen (secondary N) is 1. The van der Waals surface area contributed by atoms with E-state index in [0.717, 1.165) is 45.4 Å². The minimum atomic E-state index is -0.135. The molecule has 118 valence electrons. The van der Waals surface area contributed by atoms with Gasteiger partial charge in [0.2, 0.25) is 0 Å². The Balaban J connectivity index is 1.98. The van der Waals surface area contributed by atoms with E-state index in [0.29, 0.717) is 12.0 Å². The van der Waals surface area contributed by atoms with E-state index in [1.807, 2.05) is 0 Å². The fourth-order valence-corrected chi connectivity index (χ4v) is 3.32. The Morgan fingerprint density at radius 1 is 1.33 bits per heavy atom. The molecule has 3 atom stereocenters. The van der Waals surface area contributed by atoms with Crippen LogP contribution < -0.4 is 5.32 Å². The predicted octanol–water partition coefficient (Wildman–Crippen LogP) is 2.82. The summed E-state index contributed by atoms with van der Waals surface area (Å²) in [5, 5.41) is 13.5. The molecular formula is C18H30N2O. The van der Waals surface area contributed by atoms with Crippen LogP contribution >= 0.6 is 0 Å². The summed E-state index contributed by atoms with van der Waals surface area (Å²) in [7, 11) is 0. The third-order valence-electron chi connectivity index (χ3n) is 4.37. The van der Waals surface area contributed by atoms with Gasteiger partial charge in [-0.1, -0.05) is 44.2 Å². The number of aliphatic hydroxyl groups excluding tert-OH is 1. The first-order valence-corrected chi connectivity index (χ1v) is 8.39. The summed E-state index contributed by atoms with van der Waals surface area (Å²) >= 11 is 0. The molecule has 3 heteroatoms. The lowest BCUT2D eigenvalue weighted by Gasteiger charge is -2.35. The number of nitrogens with zero attached hydrogens (tertiary/aromatic N) is 1. The average molecular weight is 290 g/mol. The monoisotopic (exact) mass is 290 g/mol. The van der Waals surface area contributed by atoms with E-state index in [-0.39, 0.29) is 6.10 Å². The van der Waals surface area contributed by atoms with Gasteiger partial charge in [0.15, 0.2) is 0 Å². The first-order chi connectivity index (χ1) is 10.2. The summed E-state index contributed by atoms with van der Waals surface area (Å²) in [6, 6.07) is 11.1. The second kappa shape index (κ2) is 8.52. The van der Waals surface area contributed by atoms with Crippen LogP contribution in [0.4, 0.5) is 0 Å². The lowest BCUT2D eigenvalue weighted by Crippen LogP contribution is -2.43. The van der Waals surface area contributed by atoms with E-state index < -0.39 is 0 Å². The Morgan fingerprint density at radius 3 is 2.76 bits per heavy atom. The van der Waals surface area contributed by atoms with Crippen molar-refractivity contribution < 1.29 is 5.11 Å². The van der Waals surface area contributed by atoms with Gasteiger partial charge in [-0.05, 0) is 43.8 Å². The summed E-state index contributed by atoms with van der Waals surface area (Å²) in [5.41, 5.74) is 1.37. The van der Waals surface area contributed by atoms with Crippen molar-refractivity contribution in [2.24, 2.45) is 5.92 Å². The maximum Gasteiger partial charge on any atom is 0.0667 e. The maximum absolute atomic E-state index is 9.83. The van der Waals surface area contributed by atoms with Gasteiger partial charge in [0, 0.05) is 19.1 Å². The van der Waals surface area contributed by atoms with Gasteiger partial charge in [-0.3, -0.25) is 0 Å². The fraction of sp³-hybridized carbons (Fsp3) is 0.667. The molecule has 1 aliphatic rings. The highest BCUT2D eigenvalue weighted by Crippen LogP contribution is 2.24. The van der Waals surface area contributed by atoms with Crippen molar-refractivity contribution >= 4 is 0 Å². The second-order valence-electron chi connectivity index (χ2n) is 6.38. The zero-order valence-corrected chi connectivity index (χ0v) is 13.5. The predicted molar refractivity (Wildman–Crippen MR) is 88.3 cm³/mol. The fourth-order valence-electron chi connectivity index (χ4n) is 3.32. The number of aliphatic hydroxyl groups is 1. The van der Waals surface area contributed by atoms with Crippen molar-refractivity contribution in [3.8, 4) is 0 Å². The number of piperidine rings is 1. The van der Waals surface area contributed by atoms with Crippen LogP contribution in [-0.2, 0) is 0 Å². The van der Waals surface area contributed by atoms with Crippen molar-refractivity contribution in [2.75, 3.05) is 26.2 Å². The van der Waals surface area contributed by atoms with E-state index in [1.54, 1.807) is 0 Å². The standard InChI is InChI=1S/C18H30N2O/c1-3-11-19-18(16-8-5-4-6-9-16)15(2)13-20-12-7-10-17(21)14-20/h4-6,8-9,15,17-19,21H,3,7,10-14H2,1-2H3. The molecule has 0 bridgehead atoms. The zero-order chi connectivity index (χ0) is 15.1. The maximum atomic E-state index is 9.83. The Labute approximate surface area is 129 Å². The first-order valence-electron chi connectivity index (χ1n) is 8.39. The lowest BCUT2D eigenvalue weighted by molar-refractivity contribution is 0.0598. The third kappa shape index (κ3) is 5.10. The van der Waals surface area contributed by atoms with Gasteiger partial charge < -0.3 is 15.3 Å². The Kier molecular flexibility index (Phi) is 6.68. The van der Waals surface area contributed by atoms with Crippen molar-refractivity contribution in [3.05, 3.63) is 35.9 Å². The molecule has 0 radical (unpaired) electrons.